The molecule has 0 N–H and O–H groups in total. The van der Waals surface area contributed by atoms with E-state index < -0.39 is 0 Å². The zero-order chi connectivity index (χ0) is 10.7. The average molecular weight is 268 g/mol. The monoisotopic (exact) mass is 267 g/mol. The lowest BCUT2D eigenvalue weighted by Gasteiger charge is -2.23. The van der Waals surface area contributed by atoms with Gasteiger partial charge in [-0.1, -0.05) is 40.2 Å². The van der Waals surface area contributed by atoms with Crippen LogP contribution in [0.1, 0.15) is 24.0 Å². The Morgan fingerprint density at radius 3 is 2.93 bits per heavy atom. The van der Waals surface area contributed by atoms with E-state index in [2.05, 4.69) is 52.0 Å². The molecule has 2 rings (SSSR count). The predicted octanol–water partition coefficient (Wildman–Crippen LogP) is 3.35. The van der Waals surface area contributed by atoms with Crippen LogP contribution in [0.25, 0.3) is 0 Å². The molecule has 0 saturated carbocycles. The minimum absolute atomic E-state index is 0.740. The van der Waals surface area contributed by atoms with Crippen molar-refractivity contribution in [1.29, 1.82) is 0 Å². The van der Waals surface area contributed by atoms with Crippen LogP contribution in [0, 0.1) is 6.92 Å². The van der Waals surface area contributed by atoms with E-state index in [1.165, 1.54) is 30.5 Å². The summed E-state index contributed by atoms with van der Waals surface area (Å²) in [5.41, 5.74) is 2.89. The van der Waals surface area contributed by atoms with Gasteiger partial charge in [-0.05, 0) is 37.4 Å². The van der Waals surface area contributed by atoms with E-state index in [0.29, 0.717) is 0 Å². The molecule has 1 unspecified atom stereocenters. The van der Waals surface area contributed by atoms with Gasteiger partial charge in [-0.3, -0.25) is 4.90 Å². The number of benzene rings is 1. The highest BCUT2D eigenvalue weighted by Crippen LogP contribution is 2.22. The molecule has 1 aliphatic rings. The molecule has 1 fully saturated rings. The van der Waals surface area contributed by atoms with Gasteiger partial charge in [0.2, 0.25) is 0 Å². The molecule has 0 aliphatic carbocycles. The summed E-state index contributed by atoms with van der Waals surface area (Å²) in [5, 5.41) is 1.11. The van der Waals surface area contributed by atoms with Gasteiger partial charge in [0.15, 0.2) is 0 Å². The summed E-state index contributed by atoms with van der Waals surface area (Å²) in [5.74, 6) is 0. The standard InChI is InChI=1S/C13H18BrN/c1-11-5-2-3-6-12(11)10-15-8-4-7-13(15)9-14/h2-3,5-6,13H,4,7-10H2,1H3. The number of likely N-dealkylation sites (tertiary alicyclic amines) is 1. The molecular formula is C13H18BrN. The predicted molar refractivity (Wildman–Crippen MR) is 68.4 cm³/mol. The summed E-state index contributed by atoms with van der Waals surface area (Å²) >= 11 is 3.61. The molecule has 1 aliphatic heterocycles. The second kappa shape index (κ2) is 5.13. The molecule has 0 spiro atoms. The Balaban J connectivity index is 2.05. The number of hydrogen-bond acceptors (Lipinski definition) is 1. The maximum atomic E-state index is 3.61. The van der Waals surface area contributed by atoms with Gasteiger partial charge in [0.1, 0.15) is 0 Å². The highest BCUT2D eigenvalue weighted by molar-refractivity contribution is 9.09. The van der Waals surface area contributed by atoms with Crippen molar-refractivity contribution in [2.45, 2.75) is 32.4 Å². The molecule has 1 nitrogen and oxygen atoms in total. The van der Waals surface area contributed by atoms with Crippen LogP contribution in [-0.2, 0) is 6.54 Å². The molecule has 0 aromatic heterocycles. The topological polar surface area (TPSA) is 3.24 Å². The van der Waals surface area contributed by atoms with Crippen LogP contribution >= 0.6 is 15.9 Å². The first-order valence-electron chi connectivity index (χ1n) is 5.66. The Hall–Kier alpha value is -0.340. The molecule has 0 amide bonds. The van der Waals surface area contributed by atoms with Crippen molar-refractivity contribution >= 4 is 15.9 Å². The third kappa shape index (κ3) is 2.61. The zero-order valence-corrected chi connectivity index (χ0v) is 10.8. The number of rotatable bonds is 3. The van der Waals surface area contributed by atoms with Crippen molar-refractivity contribution in [3.8, 4) is 0 Å². The summed E-state index contributed by atoms with van der Waals surface area (Å²) in [6.07, 6.45) is 2.69. The quantitative estimate of drug-likeness (QED) is 0.760. The number of hydrogen-bond donors (Lipinski definition) is 0. The van der Waals surface area contributed by atoms with Gasteiger partial charge in [0.05, 0.1) is 0 Å². The van der Waals surface area contributed by atoms with Crippen LogP contribution in [0.2, 0.25) is 0 Å². The van der Waals surface area contributed by atoms with Crippen LogP contribution in [0.4, 0.5) is 0 Å². The van der Waals surface area contributed by atoms with Gasteiger partial charge in [0.25, 0.3) is 0 Å². The van der Waals surface area contributed by atoms with Crippen molar-refractivity contribution in [2.24, 2.45) is 0 Å². The van der Waals surface area contributed by atoms with Crippen LogP contribution in [0.15, 0.2) is 24.3 Å². The Morgan fingerprint density at radius 1 is 1.40 bits per heavy atom. The second-order valence-corrected chi connectivity index (χ2v) is 4.99. The number of nitrogens with zero attached hydrogens (tertiary/aromatic N) is 1. The molecule has 15 heavy (non-hydrogen) atoms. The first-order valence-corrected chi connectivity index (χ1v) is 6.78. The fourth-order valence-electron chi connectivity index (χ4n) is 2.28. The van der Waals surface area contributed by atoms with Crippen molar-refractivity contribution in [3.05, 3.63) is 35.4 Å². The van der Waals surface area contributed by atoms with E-state index in [1.807, 2.05) is 0 Å². The number of halogens is 1. The van der Waals surface area contributed by atoms with Gasteiger partial charge in [-0.2, -0.15) is 0 Å². The summed E-state index contributed by atoms with van der Waals surface area (Å²) in [6.45, 7) is 4.57. The van der Waals surface area contributed by atoms with E-state index in [0.717, 1.165) is 17.9 Å². The highest BCUT2D eigenvalue weighted by atomic mass is 79.9. The SMILES string of the molecule is Cc1ccccc1CN1CCCC1CBr. The summed E-state index contributed by atoms with van der Waals surface area (Å²) in [6, 6.07) is 9.45. The highest BCUT2D eigenvalue weighted by Gasteiger charge is 2.23. The smallest absolute Gasteiger partial charge is 0.0239 e. The molecule has 1 aromatic carbocycles. The lowest BCUT2D eigenvalue weighted by atomic mass is 10.1. The van der Waals surface area contributed by atoms with Crippen LogP contribution in [0.5, 0.6) is 0 Å². The normalized spacial score (nSPS) is 22.1. The fraction of sp³-hybridized carbons (Fsp3) is 0.538. The summed E-state index contributed by atoms with van der Waals surface area (Å²) < 4.78 is 0. The molecule has 1 saturated heterocycles. The lowest BCUT2D eigenvalue weighted by molar-refractivity contribution is 0.264. The molecule has 1 atom stereocenters. The van der Waals surface area contributed by atoms with Crippen molar-refractivity contribution in [2.75, 3.05) is 11.9 Å². The van der Waals surface area contributed by atoms with E-state index in [-0.39, 0.29) is 0 Å². The van der Waals surface area contributed by atoms with Gasteiger partial charge < -0.3 is 0 Å². The van der Waals surface area contributed by atoms with Gasteiger partial charge in [-0.25, -0.2) is 0 Å². The van der Waals surface area contributed by atoms with Crippen molar-refractivity contribution in [1.82, 2.24) is 4.90 Å². The Morgan fingerprint density at radius 2 is 2.20 bits per heavy atom. The lowest BCUT2D eigenvalue weighted by Crippen LogP contribution is -2.30. The summed E-state index contributed by atoms with van der Waals surface area (Å²) in [4.78, 5) is 2.59. The van der Waals surface area contributed by atoms with Gasteiger partial charge in [0, 0.05) is 17.9 Å². The number of aryl methyl sites for hydroxylation is 1. The van der Waals surface area contributed by atoms with Gasteiger partial charge >= 0.3 is 0 Å². The maximum absolute atomic E-state index is 3.61. The molecule has 1 aromatic rings. The largest absolute Gasteiger partial charge is 0.295 e. The van der Waals surface area contributed by atoms with Crippen LogP contribution < -0.4 is 0 Å². The molecule has 0 bridgehead atoms. The van der Waals surface area contributed by atoms with Crippen LogP contribution in [-0.4, -0.2) is 22.8 Å². The van der Waals surface area contributed by atoms with E-state index in [1.54, 1.807) is 0 Å². The third-order valence-corrected chi connectivity index (χ3v) is 4.06. The second-order valence-electron chi connectivity index (χ2n) is 4.35. The Labute approximate surface area is 101 Å². The van der Waals surface area contributed by atoms with Gasteiger partial charge in [-0.15, -0.1) is 0 Å². The molecule has 0 radical (unpaired) electrons. The number of alkyl halides is 1. The minimum Gasteiger partial charge on any atom is -0.295 e. The first-order chi connectivity index (χ1) is 7.31. The average Bonchev–Trinajstić information content (AvgIpc) is 2.69. The molecule has 2 heteroatoms. The van der Waals surface area contributed by atoms with Crippen molar-refractivity contribution in [3.63, 3.8) is 0 Å². The maximum Gasteiger partial charge on any atom is 0.0239 e. The van der Waals surface area contributed by atoms with E-state index in [4.69, 9.17) is 0 Å². The molecular weight excluding hydrogens is 250 g/mol. The van der Waals surface area contributed by atoms with E-state index >= 15 is 0 Å². The van der Waals surface area contributed by atoms with Crippen molar-refractivity contribution < 1.29 is 0 Å². The first kappa shape index (κ1) is 11.2. The van der Waals surface area contributed by atoms with E-state index in [9.17, 15) is 0 Å². The third-order valence-electron chi connectivity index (χ3n) is 3.31. The molecule has 1 heterocycles. The fourth-order valence-corrected chi connectivity index (χ4v) is 3.02. The zero-order valence-electron chi connectivity index (χ0n) is 9.25. The Bertz CT molecular complexity index is 324. The Kier molecular flexibility index (Phi) is 3.81. The molecule has 82 valence electrons. The minimum atomic E-state index is 0.740. The van der Waals surface area contributed by atoms with Crippen LogP contribution in [0.3, 0.4) is 0 Å². The summed E-state index contributed by atoms with van der Waals surface area (Å²) in [7, 11) is 0.